The van der Waals surface area contributed by atoms with Crippen molar-refractivity contribution in [3.05, 3.63) is 0 Å². The molecule has 0 aliphatic heterocycles. The second kappa shape index (κ2) is 14.9. The zero-order valence-corrected chi connectivity index (χ0v) is 16.1. The third-order valence-corrected chi connectivity index (χ3v) is 4.92. The Hall–Kier alpha value is -0.710. The molecular formula is C18H34O4S. The first-order chi connectivity index (χ1) is 11.0. The van der Waals surface area contributed by atoms with Crippen LogP contribution in [0.15, 0.2) is 0 Å². The summed E-state index contributed by atoms with van der Waals surface area (Å²) in [7, 11) is 0. The van der Waals surface area contributed by atoms with Crippen LogP contribution in [0.1, 0.15) is 66.2 Å². The second-order valence-electron chi connectivity index (χ2n) is 5.99. The SMILES string of the molecule is CCCCC(CC)COC(=O)C(C)CSCCC(=O)OCCC. The number of carbonyl (C=O) groups excluding carboxylic acids is 2. The highest BCUT2D eigenvalue weighted by atomic mass is 32.2. The smallest absolute Gasteiger partial charge is 0.309 e. The minimum Gasteiger partial charge on any atom is -0.466 e. The maximum atomic E-state index is 12.0. The molecule has 5 heteroatoms. The van der Waals surface area contributed by atoms with E-state index in [4.69, 9.17) is 9.47 Å². The fourth-order valence-electron chi connectivity index (χ4n) is 2.01. The third-order valence-electron chi connectivity index (χ3n) is 3.69. The van der Waals surface area contributed by atoms with Crippen molar-refractivity contribution in [3.8, 4) is 0 Å². The van der Waals surface area contributed by atoms with Crippen LogP contribution in [0.3, 0.4) is 0 Å². The van der Waals surface area contributed by atoms with Crippen molar-refractivity contribution in [2.75, 3.05) is 24.7 Å². The standard InChI is InChI=1S/C18H34O4S/c1-5-8-9-16(7-3)13-22-18(20)15(4)14-23-12-10-17(19)21-11-6-2/h15-16H,5-14H2,1-4H3. The lowest BCUT2D eigenvalue weighted by Crippen LogP contribution is -2.21. The third kappa shape index (κ3) is 12.4. The van der Waals surface area contributed by atoms with Crippen molar-refractivity contribution in [1.82, 2.24) is 0 Å². The lowest BCUT2D eigenvalue weighted by atomic mass is 10.0. The highest BCUT2D eigenvalue weighted by molar-refractivity contribution is 7.99. The first-order valence-corrected chi connectivity index (χ1v) is 10.1. The largest absolute Gasteiger partial charge is 0.466 e. The molecule has 0 amide bonds. The topological polar surface area (TPSA) is 52.6 Å². The summed E-state index contributed by atoms with van der Waals surface area (Å²) in [5, 5.41) is 0. The van der Waals surface area contributed by atoms with Crippen molar-refractivity contribution in [2.45, 2.75) is 66.2 Å². The fourth-order valence-corrected chi connectivity index (χ4v) is 2.98. The second-order valence-corrected chi connectivity index (χ2v) is 7.14. The minimum atomic E-state index is -0.156. The molecule has 0 rings (SSSR count). The Bertz CT molecular complexity index is 320. The molecular weight excluding hydrogens is 312 g/mol. The van der Waals surface area contributed by atoms with Crippen LogP contribution in [0.4, 0.5) is 0 Å². The predicted octanol–water partition coefficient (Wildman–Crippen LogP) is 4.46. The van der Waals surface area contributed by atoms with Crippen LogP contribution in [0.5, 0.6) is 0 Å². The van der Waals surface area contributed by atoms with E-state index < -0.39 is 0 Å². The average molecular weight is 347 g/mol. The van der Waals surface area contributed by atoms with E-state index in [-0.39, 0.29) is 17.9 Å². The molecule has 2 unspecified atom stereocenters. The van der Waals surface area contributed by atoms with Crippen molar-refractivity contribution >= 4 is 23.7 Å². The average Bonchev–Trinajstić information content (AvgIpc) is 2.56. The van der Waals surface area contributed by atoms with Gasteiger partial charge in [-0.15, -0.1) is 0 Å². The van der Waals surface area contributed by atoms with Gasteiger partial charge in [-0.25, -0.2) is 0 Å². The molecule has 0 aromatic rings. The van der Waals surface area contributed by atoms with E-state index in [1.54, 1.807) is 11.8 Å². The van der Waals surface area contributed by atoms with Crippen molar-refractivity contribution in [1.29, 1.82) is 0 Å². The van der Waals surface area contributed by atoms with E-state index in [9.17, 15) is 9.59 Å². The number of ether oxygens (including phenoxy) is 2. The summed E-state index contributed by atoms with van der Waals surface area (Å²) in [6.07, 6.45) is 5.80. The number of esters is 2. The Balaban J connectivity index is 3.78. The summed E-state index contributed by atoms with van der Waals surface area (Å²) >= 11 is 1.60. The maximum Gasteiger partial charge on any atom is 0.309 e. The summed E-state index contributed by atoms with van der Waals surface area (Å²) in [6, 6.07) is 0. The Morgan fingerprint density at radius 2 is 1.83 bits per heavy atom. The molecule has 0 aromatic heterocycles. The van der Waals surface area contributed by atoms with Gasteiger partial charge in [-0.1, -0.05) is 47.0 Å². The van der Waals surface area contributed by atoms with Gasteiger partial charge in [-0.05, 0) is 18.8 Å². The van der Waals surface area contributed by atoms with E-state index >= 15 is 0 Å². The molecule has 0 saturated heterocycles. The normalized spacial score (nSPS) is 13.4. The van der Waals surface area contributed by atoms with Gasteiger partial charge in [0.1, 0.15) is 0 Å². The fraction of sp³-hybridized carbons (Fsp3) is 0.889. The van der Waals surface area contributed by atoms with E-state index in [1.807, 2.05) is 13.8 Å². The monoisotopic (exact) mass is 346 g/mol. The molecule has 0 bridgehead atoms. The van der Waals surface area contributed by atoms with Crippen LogP contribution in [0.25, 0.3) is 0 Å². The van der Waals surface area contributed by atoms with Gasteiger partial charge in [0.05, 0.1) is 25.6 Å². The summed E-state index contributed by atoms with van der Waals surface area (Å²) in [5.74, 6) is 1.44. The number of thioether (sulfide) groups is 1. The van der Waals surface area contributed by atoms with E-state index in [0.29, 0.717) is 37.1 Å². The van der Waals surface area contributed by atoms with E-state index in [0.717, 1.165) is 19.3 Å². The predicted molar refractivity (Wildman–Crippen MR) is 96.6 cm³/mol. The summed E-state index contributed by atoms with van der Waals surface area (Å²) in [5.41, 5.74) is 0. The molecule has 0 aliphatic carbocycles. The number of unbranched alkanes of at least 4 members (excludes halogenated alkanes) is 1. The molecule has 0 spiro atoms. The Kier molecular flexibility index (Phi) is 14.4. The number of carbonyl (C=O) groups is 2. The Morgan fingerprint density at radius 1 is 1.09 bits per heavy atom. The number of hydrogen-bond donors (Lipinski definition) is 0. The van der Waals surface area contributed by atoms with Gasteiger partial charge in [0, 0.05) is 11.5 Å². The highest BCUT2D eigenvalue weighted by Gasteiger charge is 2.17. The van der Waals surface area contributed by atoms with Gasteiger partial charge in [0.2, 0.25) is 0 Å². The molecule has 2 atom stereocenters. The van der Waals surface area contributed by atoms with Gasteiger partial charge < -0.3 is 9.47 Å². The van der Waals surface area contributed by atoms with Crippen LogP contribution in [-0.2, 0) is 19.1 Å². The number of hydrogen-bond acceptors (Lipinski definition) is 5. The molecule has 0 aromatic carbocycles. The van der Waals surface area contributed by atoms with Gasteiger partial charge in [0.25, 0.3) is 0 Å². The maximum absolute atomic E-state index is 12.0. The summed E-state index contributed by atoms with van der Waals surface area (Å²) < 4.78 is 10.5. The Morgan fingerprint density at radius 3 is 2.43 bits per heavy atom. The molecule has 0 fully saturated rings. The number of rotatable bonds is 14. The minimum absolute atomic E-state index is 0.124. The van der Waals surface area contributed by atoms with Crippen LogP contribution in [-0.4, -0.2) is 36.7 Å². The summed E-state index contributed by atoms with van der Waals surface area (Å²) in [6.45, 7) is 9.20. The van der Waals surface area contributed by atoms with Gasteiger partial charge in [0.15, 0.2) is 0 Å². The highest BCUT2D eigenvalue weighted by Crippen LogP contribution is 2.15. The van der Waals surface area contributed by atoms with Crippen LogP contribution in [0, 0.1) is 11.8 Å². The lowest BCUT2D eigenvalue weighted by molar-refractivity contribution is -0.148. The molecule has 136 valence electrons. The van der Waals surface area contributed by atoms with E-state index in [2.05, 4.69) is 13.8 Å². The zero-order chi connectivity index (χ0) is 17.5. The van der Waals surface area contributed by atoms with Crippen LogP contribution < -0.4 is 0 Å². The molecule has 0 N–H and O–H groups in total. The van der Waals surface area contributed by atoms with Crippen molar-refractivity contribution in [3.63, 3.8) is 0 Å². The molecule has 0 aliphatic rings. The molecule has 0 heterocycles. The van der Waals surface area contributed by atoms with Gasteiger partial charge in [-0.2, -0.15) is 11.8 Å². The van der Waals surface area contributed by atoms with Gasteiger partial charge >= 0.3 is 11.9 Å². The molecule has 0 radical (unpaired) electrons. The van der Waals surface area contributed by atoms with E-state index in [1.165, 1.54) is 12.8 Å². The molecule has 23 heavy (non-hydrogen) atoms. The lowest BCUT2D eigenvalue weighted by Gasteiger charge is -2.17. The quantitative estimate of drug-likeness (QED) is 0.343. The van der Waals surface area contributed by atoms with Crippen LogP contribution >= 0.6 is 11.8 Å². The first-order valence-electron chi connectivity index (χ1n) is 8.95. The molecule has 4 nitrogen and oxygen atoms in total. The van der Waals surface area contributed by atoms with Crippen molar-refractivity contribution in [2.24, 2.45) is 11.8 Å². The zero-order valence-electron chi connectivity index (χ0n) is 15.3. The van der Waals surface area contributed by atoms with Gasteiger partial charge in [-0.3, -0.25) is 9.59 Å². The summed E-state index contributed by atoms with van der Waals surface area (Å²) in [4.78, 5) is 23.3. The Labute approximate surface area is 146 Å². The molecule has 0 saturated carbocycles. The first kappa shape index (κ1) is 22.3. The van der Waals surface area contributed by atoms with Crippen molar-refractivity contribution < 1.29 is 19.1 Å². The van der Waals surface area contributed by atoms with Crippen LogP contribution in [0.2, 0.25) is 0 Å².